The third kappa shape index (κ3) is 3.41. The Morgan fingerprint density at radius 1 is 1.37 bits per heavy atom. The zero-order valence-corrected chi connectivity index (χ0v) is 12.1. The molecular formula is C13H21N3O3. The fourth-order valence-corrected chi connectivity index (χ4v) is 1.84. The molecule has 1 aromatic rings. The number of carbonyl (C=O) groups excluding carboxylic acids is 1. The number of ether oxygens (including phenoxy) is 2. The van der Waals surface area contributed by atoms with E-state index < -0.39 is 5.97 Å². The summed E-state index contributed by atoms with van der Waals surface area (Å²) in [5.74, 6) is 0.306. The van der Waals surface area contributed by atoms with Gasteiger partial charge in [0.2, 0.25) is 0 Å². The largest absolute Gasteiger partial charge is 0.465 e. The molecule has 0 aromatic carbocycles. The van der Waals surface area contributed by atoms with Gasteiger partial charge in [-0.1, -0.05) is 13.8 Å². The number of hydrogen-bond acceptors (Lipinski definition) is 6. The minimum Gasteiger partial charge on any atom is -0.465 e. The molecule has 0 amide bonds. The van der Waals surface area contributed by atoms with E-state index in [2.05, 4.69) is 14.7 Å². The number of hydrogen-bond donors (Lipinski definition) is 1. The van der Waals surface area contributed by atoms with Crippen LogP contribution in [0.4, 0.5) is 5.82 Å². The van der Waals surface area contributed by atoms with Gasteiger partial charge in [0.1, 0.15) is 17.5 Å². The fraction of sp³-hybridized carbons (Fsp3) is 0.615. The molecule has 1 aromatic heterocycles. The highest BCUT2D eigenvalue weighted by Gasteiger charge is 2.23. The molecule has 6 heteroatoms. The maximum atomic E-state index is 11.6. The van der Waals surface area contributed by atoms with Crippen molar-refractivity contribution >= 4 is 11.8 Å². The molecule has 0 spiro atoms. The van der Waals surface area contributed by atoms with Crippen LogP contribution in [0.2, 0.25) is 0 Å². The predicted octanol–water partition coefficient (Wildman–Crippen LogP) is 1.89. The third-order valence-corrected chi connectivity index (χ3v) is 2.73. The fourth-order valence-electron chi connectivity index (χ4n) is 1.84. The van der Waals surface area contributed by atoms with Crippen molar-refractivity contribution in [3.05, 3.63) is 17.1 Å². The second-order valence-electron chi connectivity index (χ2n) is 4.54. The summed E-state index contributed by atoms with van der Waals surface area (Å²) in [6.07, 6.45) is -0.238. The molecule has 106 valence electrons. The second kappa shape index (κ2) is 6.47. The standard InChI is InChI=1S/C13H21N3O3/c1-6-19-10(7(2)3)12-15-8(4)9(11(14)16-12)13(17)18-5/h7,10H,6H2,1-5H3,(H2,14,15,16). The number of methoxy groups -OCH3 is 1. The first-order valence-corrected chi connectivity index (χ1v) is 6.26. The smallest absolute Gasteiger partial charge is 0.343 e. The summed E-state index contributed by atoms with van der Waals surface area (Å²) in [7, 11) is 1.30. The monoisotopic (exact) mass is 267 g/mol. The van der Waals surface area contributed by atoms with Crippen LogP contribution in [0.1, 0.15) is 48.8 Å². The number of nitrogen functional groups attached to an aromatic ring is 1. The molecule has 1 unspecified atom stereocenters. The molecule has 1 rings (SSSR count). The lowest BCUT2D eigenvalue weighted by Gasteiger charge is -2.20. The lowest BCUT2D eigenvalue weighted by atomic mass is 10.1. The average molecular weight is 267 g/mol. The molecule has 1 heterocycles. The van der Waals surface area contributed by atoms with E-state index >= 15 is 0 Å². The van der Waals surface area contributed by atoms with Gasteiger partial charge in [0.05, 0.1) is 12.8 Å². The Bertz CT molecular complexity index is 437. The van der Waals surface area contributed by atoms with Crippen molar-refractivity contribution in [2.45, 2.75) is 33.8 Å². The quantitative estimate of drug-likeness (QED) is 0.820. The molecule has 0 saturated carbocycles. The van der Waals surface area contributed by atoms with E-state index in [-0.39, 0.29) is 23.4 Å². The summed E-state index contributed by atoms with van der Waals surface area (Å²) in [6.45, 7) is 8.21. The Hall–Kier alpha value is -1.69. The van der Waals surface area contributed by atoms with Gasteiger partial charge in [0.15, 0.2) is 5.82 Å². The van der Waals surface area contributed by atoms with Crippen LogP contribution in [0.5, 0.6) is 0 Å². The highest BCUT2D eigenvalue weighted by atomic mass is 16.5. The van der Waals surface area contributed by atoms with E-state index in [9.17, 15) is 4.79 Å². The molecule has 1 atom stereocenters. The van der Waals surface area contributed by atoms with Gasteiger partial charge in [0, 0.05) is 6.61 Å². The van der Waals surface area contributed by atoms with Crippen LogP contribution in [0, 0.1) is 12.8 Å². The van der Waals surface area contributed by atoms with Gasteiger partial charge in [-0.3, -0.25) is 0 Å². The molecule has 0 aliphatic carbocycles. The highest BCUT2D eigenvalue weighted by Crippen LogP contribution is 2.25. The number of esters is 1. The first kappa shape index (κ1) is 15.4. The Morgan fingerprint density at radius 2 is 2.00 bits per heavy atom. The SMILES string of the molecule is CCOC(c1nc(C)c(C(=O)OC)c(N)n1)C(C)C. The Morgan fingerprint density at radius 3 is 2.42 bits per heavy atom. The molecule has 19 heavy (non-hydrogen) atoms. The van der Waals surface area contributed by atoms with E-state index in [1.807, 2.05) is 20.8 Å². The number of aryl methyl sites for hydroxylation is 1. The summed E-state index contributed by atoms with van der Waals surface area (Å²) < 4.78 is 10.3. The minimum atomic E-state index is -0.529. The average Bonchev–Trinajstić information content (AvgIpc) is 2.34. The van der Waals surface area contributed by atoms with Crippen molar-refractivity contribution in [1.82, 2.24) is 9.97 Å². The third-order valence-electron chi connectivity index (χ3n) is 2.73. The Labute approximate surface area is 113 Å². The number of nitrogens with zero attached hydrogens (tertiary/aromatic N) is 2. The Kier molecular flexibility index (Phi) is 5.23. The molecule has 2 N–H and O–H groups in total. The number of aromatic nitrogens is 2. The summed E-state index contributed by atoms with van der Waals surface area (Å²) in [6, 6.07) is 0. The van der Waals surface area contributed by atoms with Gasteiger partial charge in [0.25, 0.3) is 0 Å². The normalized spacial score (nSPS) is 12.5. The highest BCUT2D eigenvalue weighted by molar-refractivity contribution is 5.95. The Balaban J connectivity index is 3.22. The molecule has 6 nitrogen and oxygen atoms in total. The van der Waals surface area contributed by atoms with Gasteiger partial charge in [-0.25, -0.2) is 14.8 Å². The lowest BCUT2D eigenvalue weighted by molar-refractivity contribution is 0.0231. The zero-order valence-electron chi connectivity index (χ0n) is 12.1. The van der Waals surface area contributed by atoms with Gasteiger partial charge in [-0.15, -0.1) is 0 Å². The summed E-state index contributed by atoms with van der Waals surface area (Å²) in [5.41, 5.74) is 6.54. The first-order chi connectivity index (χ1) is 8.92. The van der Waals surface area contributed by atoms with E-state index in [0.717, 1.165) is 0 Å². The number of carbonyl (C=O) groups is 1. The maximum absolute atomic E-state index is 11.6. The molecule has 0 aliphatic rings. The van der Waals surface area contributed by atoms with Gasteiger partial charge >= 0.3 is 5.97 Å². The van der Waals surface area contributed by atoms with Gasteiger partial charge in [-0.05, 0) is 19.8 Å². The molecular weight excluding hydrogens is 246 g/mol. The number of rotatable bonds is 5. The molecule has 0 fully saturated rings. The minimum absolute atomic E-state index is 0.125. The van der Waals surface area contributed by atoms with Crippen LogP contribution in [-0.2, 0) is 9.47 Å². The summed E-state index contributed by atoms with van der Waals surface area (Å²) in [4.78, 5) is 20.1. The van der Waals surface area contributed by atoms with Crippen molar-refractivity contribution in [2.75, 3.05) is 19.5 Å². The topological polar surface area (TPSA) is 87.3 Å². The maximum Gasteiger partial charge on any atom is 0.343 e. The van der Waals surface area contributed by atoms with Crippen LogP contribution in [0.3, 0.4) is 0 Å². The lowest BCUT2D eigenvalue weighted by Crippen LogP contribution is -2.19. The second-order valence-corrected chi connectivity index (χ2v) is 4.54. The van der Waals surface area contributed by atoms with Gasteiger partial charge < -0.3 is 15.2 Å². The van der Waals surface area contributed by atoms with E-state index in [1.165, 1.54) is 7.11 Å². The summed E-state index contributed by atoms with van der Waals surface area (Å²) in [5, 5.41) is 0. The number of nitrogens with two attached hydrogens (primary N) is 1. The molecule has 0 radical (unpaired) electrons. The zero-order chi connectivity index (χ0) is 14.6. The molecule has 0 aliphatic heterocycles. The predicted molar refractivity (Wildman–Crippen MR) is 71.7 cm³/mol. The van der Waals surface area contributed by atoms with Crippen LogP contribution < -0.4 is 5.73 Å². The van der Waals surface area contributed by atoms with Crippen molar-refractivity contribution < 1.29 is 14.3 Å². The van der Waals surface area contributed by atoms with Crippen LogP contribution in [-0.4, -0.2) is 29.7 Å². The number of anilines is 1. The van der Waals surface area contributed by atoms with Crippen LogP contribution in [0.25, 0.3) is 0 Å². The molecule has 0 bridgehead atoms. The van der Waals surface area contributed by atoms with Crippen molar-refractivity contribution in [3.8, 4) is 0 Å². The van der Waals surface area contributed by atoms with Crippen molar-refractivity contribution in [3.63, 3.8) is 0 Å². The van der Waals surface area contributed by atoms with Gasteiger partial charge in [-0.2, -0.15) is 0 Å². The van der Waals surface area contributed by atoms with E-state index in [0.29, 0.717) is 18.1 Å². The first-order valence-electron chi connectivity index (χ1n) is 6.26. The van der Waals surface area contributed by atoms with E-state index in [1.54, 1.807) is 6.92 Å². The summed E-state index contributed by atoms with van der Waals surface area (Å²) >= 11 is 0. The molecule has 0 saturated heterocycles. The van der Waals surface area contributed by atoms with E-state index in [4.69, 9.17) is 10.5 Å². The van der Waals surface area contributed by atoms with Crippen LogP contribution in [0.15, 0.2) is 0 Å². The van der Waals surface area contributed by atoms with Crippen LogP contribution >= 0.6 is 0 Å². The van der Waals surface area contributed by atoms with Crippen molar-refractivity contribution in [1.29, 1.82) is 0 Å². The van der Waals surface area contributed by atoms with Crippen molar-refractivity contribution in [2.24, 2.45) is 5.92 Å².